The van der Waals surface area contributed by atoms with Crippen molar-refractivity contribution in [1.29, 1.82) is 5.26 Å². The number of nitrogens with zero attached hydrogens (tertiary/aromatic N) is 1. The highest BCUT2D eigenvalue weighted by molar-refractivity contribution is 5.30. The van der Waals surface area contributed by atoms with Crippen molar-refractivity contribution in [3.63, 3.8) is 0 Å². The summed E-state index contributed by atoms with van der Waals surface area (Å²) >= 11 is 0. The summed E-state index contributed by atoms with van der Waals surface area (Å²) in [6.07, 6.45) is 0.976. The number of aliphatic hydroxyl groups is 1. The molecule has 1 N–H and O–H groups in total. The van der Waals surface area contributed by atoms with Crippen molar-refractivity contribution in [1.82, 2.24) is 0 Å². The summed E-state index contributed by atoms with van der Waals surface area (Å²) in [4.78, 5) is 0. The lowest BCUT2D eigenvalue weighted by atomic mass is 9.73. The predicted molar refractivity (Wildman–Crippen MR) is 64.8 cm³/mol. The quantitative estimate of drug-likeness (QED) is 0.845. The van der Waals surface area contributed by atoms with E-state index in [1.807, 2.05) is 24.3 Å². The maximum Gasteiger partial charge on any atom is 0.105 e. The minimum absolute atomic E-state index is 0.788. The van der Waals surface area contributed by atoms with Crippen LogP contribution in [0, 0.1) is 16.7 Å². The number of nitriles is 1. The van der Waals surface area contributed by atoms with Gasteiger partial charge in [-0.2, -0.15) is 5.26 Å². The molecule has 2 heteroatoms. The number of rotatable bonds is 3. The second-order valence-corrected chi connectivity index (χ2v) is 4.86. The van der Waals surface area contributed by atoms with E-state index in [4.69, 9.17) is 5.26 Å². The second kappa shape index (κ2) is 4.27. The molecular weight excluding hydrogens is 198 g/mol. The van der Waals surface area contributed by atoms with E-state index in [1.54, 1.807) is 20.8 Å². The van der Waals surface area contributed by atoms with Gasteiger partial charge in [-0.25, -0.2) is 0 Å². The lowest BCUT2D eigenvalue weighted by molar-refractivity contribution is -0.0267. The maximum atomic E-state index is 10.5. The fraction of sp³-hybridized carbons (Fsp3) is 0.500. The van der Waals surface area contributed by atoms with Crippen molar-refractivity contribution in [3.05, 3.63) is 35.4 Å². The molecule has 86 valence electrons. The zero-order valence-electron chi connectivity index (χ0n) is 10.4. The standard InChI is InChI=1S/C14H19NO/c1-5-11-6-8-12(9-7-11)14(4,16)13(2,3)10-15/h6-9,16H,5H2,1-4H3. The van der Waals surface area contributed by atoms with Crippen LogP contribution in [-0.4, -0.2) is 5.11 Å². The molecule has 0 aromatic heterocycles. The molecule has 1 aromatic rings. The van der Waals surface area contributed by atoms with Gasteiger partial charge < -0.3 is 5.11 Å². The van der Waals surface area contributed by atoms with Gasteiger partial charge in [-0.3, -0.25) is 0 Å². The second-order valence-electron chi connectivity index (χ2n) is 4.86. The molecule has 1 aromatic carbocycles. The first-order valence-electron chi connectivity index (χ1n) is 5.58. The van der Waals surface area contributed by atoms with Gasteiger partial charge in [-0.05, 0) is 38.3 Å². The van der Waals surface area contributed by atoms with E-state index in [0.717, 1.165) is 12.0 Å². The zero-order valence-corrected chi connectivity index (χ0v) is 10.4. The highest BCUT2D eigenvalue weighted by Crippen LogP contribution is 2.38. The Bertz CT molecular complexity index is 396. The number of hydrogen-bond donors (Lipinski definition) is 1. The molecule has 0 saturated heterocycles. The molecule has 0 fully saturated rings. The van der Waals surface area contributed by atoms with Crippen LogP contribution in [0.5, 0.6) is 0 Å². The monoisotopic (exact) mass is 217 g/mol. The molecule has 0 heterocycles. The molecule has 0 bridgehead atoms. The normalized spacial score (nSPS) is 15.2. The third-order valence-corrected chi connectivity index (χ3v) is 3.42. The van der Waals surface area contributed by atoms with Crippen LogP contribution in [0.4, 0.5) is 0 Å². The van der Waals surface area contributed by atoms with E-state index < -0.39 is 11.0 Å². The number of benzene rings is 1. The Kier molecular flexibility index (Phi) is 3.40. The summed E-state index contributed by atoms with van der Waals surface area (Å²) in [5.74, 6) is 0. The molecule has 0 saturated carbocycles. The van der Waals surface area contributed by atoms with E-state index in [-0.39, 0.29) is 0 Å². The lowest BCUT2D eigenvalue weighted by Gasteiger charge is -2.35. The number of aryl methyl sites for hydroxylation is 1. The third-order valence-electron chi connectivity index (χ3n) is 3.42. The topological polar surface area (TPSA) is 44.0 Å². The Balaban J connectivity index is 3.13. The zero-order chi connectivity index (χ0) is 12.4. The van der Waals surface area contributed by atoms with Gasteiger partial charge in [0, 0.05) is 0 Å². The summed E-state index contributed by atoms with van der Waals surface area (Å²) < 4.78 is 0. The van der Waals surface area contributed by atoms with Crippen LogP contribution in [0.2, 0.25) is 0 Å². The number of hydrogen-bond acceptors (Lipinski definition) is 2. The van der Waals surface area contributed by atoms with Crippen LogP contribution in [0.25, 0.3) is 0 Å². The molecule has 0 aliphatic carbocycles. The van der Waals surface area contributed by atoms with Gasteiger partial charge in [0.05, 0.1) is 11.5 Å². The van der Waals surface area contributed by atoms with Crippen LogP contribution in [0.15, 0.2) is 24.3 Å². The minimum Gasteiger partial charge on any atom is -0.384 e. The van der Waals surface area contributed by atoms with Gasteiger partial charge >= 0.3 is 0 Å². The van der Waals surface area contributed by atoms with Gasteiger partial charge in [0.2, 0.25) is 0 Å². The third kappa shape index (κ3) is 2.10. The largest absolute Gasteiger partial charge is 0.384 e. The Morgan fingerprint density at radius 2 is 1.69 bits per heavy atom. The average molecular weight is 217 g/mol. The first-order valence-corrected chi connectivity index (χ1v) is 5.58. The summed E-state index contributed by atoms with van der Waals surface area (Å²) in [7, 11) is 0. The van der Waals surface area contributed by atoms with E-state index in [0.29, 0.717) is 0 Å². The van der Waals surface area contributed by atoms with E-state index in [2.05, 4.69) is 13.0 Å². The van der Waals surface area contributed by atoms with Crippen LogP contribution in [-0.2, 0) is 12.0 Å². The molecule has 1 atom stereocenters. The van der Waals surface area contributed by atoms with Crippen molar-refractivity contribution in [2.24, 2.45) is 5.41 Å². The summed E-state index contributed by atoms with van der Waals surface area (Å²) in [6, 6.07) is 9.95. The Morgan fingerprint density at radius 3 is 2.06 bits per heavy atom. The van der Waals surface area contributed by atoms with Crippen LogP contribution < -0.4 is 0 Å². The highest BCUT2D eigenvalue weighted by atomic mass is 16.3. The Labute approximate surface area is 97.5 Å². The van der Waals surface area contributed by atoms with Gasteiger partial charge in [0.1, 0.15) is 5.60 Å². The van der Waals surface area contributed by atoms with Gasteiger partial charge in [-0.1, -0.05) is 31.2 Å². The van der Waals surface area contributed by atoms with Gasteiger partial charge in [-0.15, -0.1) is 0 Å². The summed E-state index contributed by atoms with van der Waals surface area (Å²) in [6.45, 7) is 7.28. The molecule has 0 radical (unpaired) electrons. The van der Waals surface area contributed by atoms with E-state index in [1.165, 1.54) is 5.56 Å². The van der Waals surface area contributed by atoms with Crippen LogP contribution in [0.3, 0.4) is 0 Å². The molecular formula is C14H19NO. The molecule has 0 aliphatic heterocycles. The van der Waals surface area contributed by atoms with Crippen LogP contribution >= 0.6 is 0 Å². The fourth-order valence-corrected chi connectivity index (χ4v) is 1.53. The van der Waals surface area contributed by atoms with Crippen molar-refractivity contribution in [2.75, 3.05) is 0 Å². The summed E-state index contributed by atoms with van der Waals surface area (Å²) in [5, 5.41) is 19.5. The first-order chi connectivity index (χ1) is 7.35. The van der Waals surface area contributed by atoms with E-state index in [9.17, 15) is 5.11 Å². The molecule has 1 unspecified atom stereocenters. The maximum absolute atomic E-state index is 10.5. The Morgan fingerprint density at radius 1 is 1.19 bits per heavy atom. The van der Waals surface area contributed by atoms with E-state index >= 15 is 0 Å². The predicted octanol–water partition coefficient (Wildman–Crippen LogP) is 3.01. The molecule has 0 spiro atoms. The first kappa shape index (κ1) is 12.7. The highest BCUT2D eigenvalue weighted by Gasteiger charge is 2.41. The van der Waals surface area contributed by atoms with Crippen molar-refractivity contribution < 1.29 is 5.11 Å². The van der Waals surface area contributed by atoms with Crippen LogP contribution in [0.1, 0.15) is 38.8 Å². The van der Waals surface area contributed by atoms with Gasteiger partial charge in [0.15, 0.2) is 0 Å². The van der Waals surface area contributed by atoms with Crippen molar-refractivity contribution in [2.45, 2.75) is 39.7 Å². The lowest BCUT2D eigenvalue weighted by Crippen LogP contribution is -2.38. The minimum atomic E-state index is -1.13. The fourth-order valence-electron chi connectivity index (χ4n) is 1.53. The summed E-state index contributed by atoms with van der Waals surface area (Å²) in [5.41, 5.74) is 0.0833. The molecule has 1 rings (SSSR count). The van der Waals surface area contributed by atoms with Crippen molar-refractivity contribution >= 4 is 0 Å². The molecule has 0 amide bonds. The van der Waals surface area contributed by atoms with Gasteiger partial charge in [0.25, 0.3) is 0 Å². The Hall–Kier alpha value is -1.33. The molecule has 16 heavy (non-hydrogen) atoms. The SMILES string of the molecule is CCc1ccc(C(C)(O)C(C)(C)C#N)cc1. The molecule has 0 aliphatic rings. The average Bonchev–Trinajstić information content (AvgIpc) is 2.29. The van der Waals surface area contributed by atoms with Crippen molar-refractivity contribution in [3.8, 4) is 6.07 Å². The molecule has 2 nitrogen and oxygen atoms in total. The smallest absolute Gasteiger partial charge is 0.105 e.